The molecule has 0 aromatic heterocycles. The average Bonchev–Trinajstić information content (AvgIpc) is 2.92. The van der Waals surface area contributed by atoms with Crippen LogP contribution in [0.25, 0.3) is 0 Å². The van der Waals surface area contributed by atoms with Crippen LogP contribution in [-0.2, 0) is 11.2 Å². The molecule has 28 heavy (non-hydrogen) atoms. The molecule has 148 valence electrons. The highest BCUT2D eigenvalue weighted by molar-refractivity contribution is 5.79. The third-order valence-electron chi connectivity index (χ3n) is 6.15. The second-order valence-electron chi connectivity index (χ2n) is 8.63. The van der Waals surface area contributed by atoms with Gasteiger partial charge in [-0.15, -0.1) is 0 Å². The van der Waals surface area contributed by atoms with E-state index in [1.807, 2.05) is 11.0 Å². The molecule has 0 aliphatic carbocycles. The molecule has 5 heteroatoms. The highest BCUT2D eigenvalue weighted by atomic mass is 19.1. The van der Waals surface area contributed by atoms with Crippen LogP contribution in [0, 0.1) is 17.6 Å². The number of nitrogens with zero attached hydrogens (tertiary/aromatic N) is 2. The Morgan fingerprint density at radius 2 is 1.86 bits per heavy atom. The Hall–Kier alpha value is -2.43. The molecular weight excluding hydrogens is 358 g/mol. The zero-order valence-electron chi connectivity index (χ0n) is 16.4. The van der Waals surface area contributed by atoms with Gasteiger partial charge in [-0.1, -0.05) is 18.2 Å². The summed E-state index contributed by atoms with van der Waals surface area (Å²) in [6.45, 7) is 5.81. The van der Waals surface area contributed by atoms with Crippen molar-refractivity contribution in [2.24, 2.45) is 5.92 Å². The molecule has 0 radical (unpaired) electrons. The summed E-state index contributed by atoms with van der Waals surface area (Å²) in [5.74, 6) is -0.0532. The van der Waals surface area contributed by atoms with Gasteiger partial charge in [-0.2, -0.15) is 0 Å². The van der Waals surface area contributed by atoms with E-state index >= 15 is 0 Å². The summed E-state index contributed by atoms with van der Waals surface area (Å²) in [7, 11) is 0. The SMILES string of the molecule is CC1(C)C[C@@H]2CN(C(=O)Cc3ccc(F)cc3)CC[C@@H]2N1c1cccc(F)c1. The maximum Gasteiger partial charge on any atom is 0.227 e. The monoisotopic (exact) mass is 384 g/mol. The molecule has 0 saturated carbocycles. The van der Waals surface area contributed by atoms with Crippen molar-refractivity contribution in [3.63, 3.8) is 0 Å². The van der Waals surface area contributed by atoms with Crippen molar-refractivity contribution in [2.75, 3.05) is 18.0 Å². The van der Waals surface area contributed by atoms with Gasteiger partial charge < -0.3 is 9.80 Å². The Balaban J connectivity index is 1.47. The first-order valence-corrected chi connectivity index (χ1v) is 9.91. The minimum atomic E-state index is -0.289. The van der Waals surface area contributed by atoms with E-state index in [1.165, 1.54) is 18.2 Å². The number of rotatable bonds is 3. The Kier molecular flexibility index (Phi) is 4.86. The molecule has 0 N–H and O–H groups in total. The molecule has 3 nitrogen and oxygen atoms in total. The van der Waals surface area contributed by atoms with E-state index in [9.17, 15) is 13.6 Å². The molecule has 2 aliphatic heterocycles. The number of benzene rings is 2. The molecule has 0 unspecified atom stereocenters. The highest BCUT2D eigenvalue weighted by Gasteiger charge is 2.48. The Bertz CT molecular complexity index is 865. The molecular formula is C23H26F2N2O. The standard InChI is InChI=1S/C23H26F2N2O/c1-23(2)14-17-15-26(22(28)12-16-6-8-18(24)9-7-16)11-10-21(17)27(23)20-5-3-4-19(25)13-20/h3-9,13,17,21H,10-12,14-15H2,1-2H3/t17-,21+/m1/s1. The summed E-state index contributed by atoms with van der Waals surface area (Å²) in [6.07, 6.45) is 2.14. The maximum atomic E-state index is 13.8. The van der Waals surface area contributed by atoms with Gasteiger partial charge in [-0.25, -0.2) is 8.78 Å². The topological polar surface area (TPSA) is 23.6 Å². The zero-order chi connectivity index (χ0) is 19.9. The smallest absolute Gasteiger partial charge is 0.227 e. The quantitative estimate of drug-likeness (QED) is 0.782. The summed E-state index contributed by atoms with van der Waals surface area (Å²) in [5.41, 5.74) is 1.67. The first-order valence-electron chi connectivity index (χ1n) is 9.91. The van der Waals surface area contributed by atoms with Crippen molar-refractivity contribution < 1.29 is 13.6 Å². The number of piperidine rings is 1. The first kappa shape index (κ1) is 18.9. The van der Waals surface area contributed by atoms with Gasteiger partial charge in [0.05, 0.1) is 6.42 Å². The van der Waals surface area contributed by atoms with Crippen LogP contribution in [-0.4, -0.2) is 35.5 Å². The Morgan fingerprint density at radius 1 is 1.11 bits per heavy atom. The fourth-order valence-electron chi connectivity index (χ4n) is 5.03. The number of amides is 1. The van der Waals surface area contributed by atoms with Crippen molar-refractivity contribution in [1.82, 2.24) is 4.90 Å². The van der Waals surface area contributed by atoms with Gasteiger partial charge in [-0.3, -0.25) is 4.79 Å². The highest BCUT2D eigenvalue weighted by Crippen LogP contribution is 2.44. The largest absolute Gasteiger partial charge is 0.363 e. The third kappa shape index (κ3) is 3.62. The van der Waals surface area contributed by atoms with Gasteiger partial charge in [0.25, 0.3) is 0 Å². The van der Waals surface area contributed by atoms with E-state index < -0.39 is 0 Å². The van der Waals surface area contributed by atoms with E-state index in [4.69, 9.17) is 0 Å². The summed E-state index contributed by atoms with van der Waals surface area (Å²) in [6, 6.07) is 13.3. The van der Waals surface area contributed by atoms with Gasteiger partial charge in [0.1, 0.15) is 11.6 Å². The summed E-state index contributed by atoms with van der Waals surface area (Å²) >= 11 is 0. The normalized spacial score (nSPS) is 23.6. The van der Waals surface area contributed by atoms with E-state index in [0.717, 1.165) is 30.6 Å². The van der Waals surface area contributed by atoms with Crippen molar-refractivity contribution in [1.29, 1.82) is 0 Å². The second-order valence-corrected chi connectivity index (χ2v) is 8.63. The summed E-state index contributed by atoms with van der Waals surface area (Å²) in [4.78, 5) is 17.1. The predicted octanol–water partition coefficient (Wildman–Crippen LogP) is 4.41. The minimum Gasteiger partial charge on any atom is -0.363 e. The molecule has 4 rings (SSSR count). The Labute approximate surface area is 165 Å². The second kappa shape index (κ2) is 7.19. The van der Waals surface area contributed by atoms with Crippen LogP contribution in [0.5, 0.6) is 0 Å². The van der Waals surface area contributed by atoms with Crippen molar-refractivity contribution in [2.45, 2.75) is 44.7 Å². The number of halogens is 2. The van der Waals surface area contributed by atoms with Gasteiger partial charge >= 0.3 is 0 Å². The molecule has 2 fully saturated rings. The van der Waals surface area contributed by atoms with Crippen LogP contribution < -0.4 is 4.90 Å². The van der Waals surface area contributed by atoms with Crippen molar-refractivity contribution in [3.8, 4) is 0 Å². The molecule has 2 saturated heterocycles. The van der Waals surface area contributed by atoms with E-state index in [2.05, 4.69) is 18.7 Å². The third-order valence-corrected chi connectivity index (χ3v) is 6.15. The van der Waals surface area contributed by atoms with Crippen LogP contribution in [0.3, 0.4) is 0 Å². The van der Waals surface area contributed by atoms with Gasteiger partial charge in [0, 0.05) is 30.4 Å². The van der Waals surface area contributed by atoms with E-state index in [-0.39, 0.29) is 23.1 Å². The number of hydrogen-bond donors (Lipinski definition) is 0. The van der Waals surface area contributed by atoms with Crippen molar-refractivity contribution >= 4 is 11.6 Å². The lowest BCUT2D eigenvalue weighted by molar-refractivity contribution is -0.132. The summed E-state index contributed by atoms with van der Waals surface area (Å²) < 4.78 is 26.9. The molecule has 2 aliphatic rings. The number of hydrogen-bond acceptors (Lipinski definition) is 2. The van der Waals surface area contributed by atoms with Gasteiger partial charge in [0.15, 0.2) is 0 Å². The number of carbonyl (C=O) groups excluding carboxylic acids is 1. The van der Waals surface area contributed by atoms with Crippen LogP contribution in [0.1, 0.15) is 32.3 Å². The molecule has 2 aromatic carbocycles. The van der Waals surface area contributed by atoms with Gasteiger partial charge in [-0.05, 0) is 68.5 Å². The molecule has 2 aromatic rings. The summed E-state index contributed by atoms with van der Waals surface area (Å²) in [5, 5.41) is 0. The number of carbonyl (C=O) groups is 1. The number of fused-ring (bicyclic) bond motifs is 1. The lowest BCUT2D eigenvalue weighted by Crippen LogP contribution is -2.50. The van der Waals surface area contributed by atoms with E-state index in [0.29, 0.717) is 24.9 Å². The minimum absolute atomic E-state index is 0.0842. The average molecular weight is 384 g/mol. The first-order chi connectivity index (χ1) is 13.3. The fraction of sp³-hybridized carbons (Fsp3) is 0.435. The number of anilines is 1. The van der Waals surface area contributed by atoms with Crippen LogP contribution in [0.4, 0.5) is 14.5 Å². The maximum absolute atomic E-state index is 13.8. The molecule has 0 bridgehead atoms. The molecule has 2 heterocycles. The molecule has 0 spiro atoms. The zero-order valence-corrected chi connectivity index (χ0v) is 16.4. The predicted molar refractivity (Wildman–Crippen MR) is 106 cm³/mol. The number of likely N-dealkylation sites (tertiary alicyclic amines) is 1. The Morgan fingerprint density at radius 3 is 2.57 bits per heavy atom. The van der Waals surface area contributed by atoms with Crippen LogP contribution in [0.2, 0.25) is 0 Å². The fourth-order valence-corrected chi connectivity index (χ4v) is 5.03. The lowest BCUT2D eigenvalue weighted by atomic mass is 9.89. The molecule has 2 atom stereocenters. The van der Waals surface area contributed by atoms with Crippen LogP contribution >= 0.6 is 0 Å². The van der Waals surface area contributed by atoms with Crippen molar-refractivity contribution in [3.05, 3.63) is 65.7 Å². The van der Waals surface area contributed by atoms with Gasteiger partial charge in [0.2, 0.25) is 5.91 Å². The van der Waals surface area contributed by atoms with Crippen LogP contribution in [0.15, 0.2) is 48.5 Å². The molecule has 1 amide bonds. The van der Waals surface area contributed by atoms with E-state index in [1.54, 1.807) is 24.3 Å². The lowest BCUT2D eigenvalue weighted by Gasteiger charge is -2.42.